The van der Waals surface area contributed by atoms with E-state index < -0.39 is 0 Å². The molecule has 0 radical (unpaired) electrons. The minimum Gasteiger partial charge on any atom is -0.343 e. The summed E-state index contributed by atoms with van der Waals surface area (Å²) in [6.45, 7) is 9.10. The molecule has 0 spiro atoms. The first-order chi connectivity index (χ1) is 12.7. The number of likely N-dealkylation sites (N-methyl/N-ethyl adjacent to an activating group) is 1. The number of allylic oxidation sites excluding steroid dienone is 3. The van der Waals surface area contributed by atoms with E-state index in [1.165, 1.54) is 78.9 Å². The van der Waals surface area contributed by atoms with Gasteiger partial charge in [-0.25, -0.2) is 0 Å². The number of hydrogen-bond donors (Lipinski definition) is 0. The normalized spacial score (nSPS) is 23.8. The van der Waals surface area contributed by atoms with E-state index in [1.54, 1.807) is 0 Å². The van der Waals surface area contributed by atoms with Crippen molar-refractivity contribution in [3.63, 3.8) is 0 Å². The van der Waals surface area contributed by atoms with Crippen LogP contribution in [0.15, 0.2) is 66.2 Å². The third-order valence-corrected chi connectivity index (χ3v) is 6.87. The Labute approximate surface area is 157 Å². The molecule has 0 bridgehead atoms. The lowest BCUT2D eigenvalue weighted by Gasteiger charge is -2.47. The molecule has 0 amide bonds. The van der Waals surface area contributed by atoms with Gasteiger partial charge in [0.2, 0.25) is 0 Å². The van der Waals surface area contributed by atoms with E-state index in [4.69, 9.17) is 0 Å². The van der Waals surface area contributed by atoms with E-state index in [9.17, 15) is 0 Å². The maximum atomic E-state index is 4.61. The molecule has 26 heavy (non-hydrogen) atoms. The molecule has 1 aromatic rings. The first-order valence-electron chi connectivity index (χ1n) is 10.1. The molecule has 0 N–H and O–H groups in total. The van der Waals surface area contributed by atoms with Gasteiger partial charge in [-0.3, -0.25) is 0 Å². The van der Waals surface area contributed by atoms with Gasteiger partial charge >= 0.3 is 0 Å². The van der Waals surface area contributed by atoms with Crippen molar-refractivity contribution in [2.75, 3.05) is 11.9 Å². The lowest BCUT2D eigenvalue weighted by Crippen LogP contribution is -2.41. The molecule has 2 nitrogen and oxygen atoms in total. The first kappa shape index (κ1) is 16.0. The largest absolute Gasteiger partial charge is 0.343 e. The van der Waals surface area contributed by atoms with E-state index in [0.717, 1.165) is 5.57 Å². The Morgan fingerprint density at radius 2 is 1.69 bits per heavy atom. The summed E-state index contributed by atoms with van der Waals surface area (Å²) >= 11 is 0. The van der Waals surface area contributed by atoms with Gasteiger partial charge in [0, 0.05) is 41.3 Å². The maximum Gasteiger partial charge on any atom is 0.0526 e. The summed E-state index contributed by atoms with van der Waals surface area (Å²) in [4.78, 5) is 4.96. The van der Waals surface area contributed by atoms with Crippen molar-refractivity contribution in [2.45, 2.75) is 51.0 Å². The van der Waals surface area contributed by atoms with Crippen LogP contribution in [0.3, 0.4) is 0 Å². The van der Waals surface area contributed by atoms with Crippen LogP contribution in [0.25, 0.3) is 5.57 Å². The third-order valence-electron chi connectivity index (χ3n) is 6.87. The van der Waals surface area contributed by atoms with Gasteiger partial charge < -0.3 is 9.80 Å². The average molecular weight is 345 g/mol. The summed E-state index contributed by atoms with van der Waals surface area (Å²) in [5, 5.41) is 0. The Balaban J connectivity index is 1.65. The van der Waals surface area contributed by atoms with E-state index in [-0.39, 0.29) is 0 Å². The predicted molar refractivity (Wildman–Crippen MR) is 110 cm³/mol. The van der Waals surface area contributed by atoms with Crippen LogP contribution in [-0.4, -0.2) is 18.0 Å². The Hall–Kier alpha value is -2.22. The van der Waals surface area contributed by atoms with Crippen molar-refractivity contribution >= 4 is 11.3 Å². The summed E-state index contributed by atoms with van der Waals surface area (Å²) in [7, 11) is 2.19. The molecule has 2 heteroatoms. The summed E-state index contributed by atoms with van der Waals surface area (Å²) in [6, 6.07) is 9.24. The number of nitrogens with zero attached hydrogens (tertiary/aromatic N) is 2. The van der Waals surface area contributed by atoms with Crippen LogP contribution >= 0.6 is 0 Å². The molecule has 2 heterocycles. The first-order valence-corrected chi connectivity index (χ1v) is 10.1. The summed E-state index contributed by atoms with van der Waals surface area (Å²) < 4.78 is 0. The highest BCUT2D eigenvalue weighted by Gasteiger charge is 2.39. The van der Waals surface area contributed by atoms with Gasteiger partial charge in [0.05, 0.1) is 5.70 Å². The lowest BCUT2D eigenvalue weighted by atomic mass is 9.78. The number of anilines is 1. The highest BCUT2D eigenvalue weighted by Crippen LogP contribution is 2.50. The molecular weight excluding hydrogens is 316 g/mol. The zero-order valence-corrected chi connectivity index (χ0v) is 15.8. The average Bonchev–Trinajstić information content (AvgIpc) is 3.12. The van der Waals surface area contributed by atoms with Gasteiger partial charge in [-0.15, -0.1) is 0 Å². The van der Waals surface area contributed by atoms with Crippen LogP contribution < -0.4 is 4.90 Å². The zero-order valence-electron chi connectivity index (χ0n) is 15.8. The molecule has 0 aromatic heterocycles. The monoisotopic (exact) mass is 344 g/mol. The summed E-state index contributed by atoms with van der Waals surface area (Å²) in [5.41, 5.74) is 8.86. The Morgan fingerprint density at radius 1 is 0.962 bits per heavy atom. The Kier molecular flexibility index (Phi) is 3.63. The number of para-hydroxylation sites is 1. The zero-order chi connectivity index (χ0) is 17.8. The van der Waals surface area contributed by atoms with Crippen molar-refractivity contribution in [1.29, 1.82) is 0 Å². The number of benzene rings is 1. The van der Waals surface area contributed by atoms with E-state index in [2.05, 4.69) is 60.3 Å². The van der Waals surface area contributed by atoms with Gasteiger partial charge in [-0.1, -0.05) is 50.6 Å². The van der Waals surface area contributed by atoms with Crippen molar-refractivity contribution in [3.8, 4) is 0 Å². The Bertz CT molecular complexity index is 847. The van der Waals surface area contributed by atoms with Crippen molar-refractivity contribution < 1.29 is 0 Å². The Morgan fingerprint density at radius 3 is 2.38 bits per heavy atom. The van der Waals surface area contributed by atoms with Gasteiger partial charge in [0.15, 0.2) is 0 Å². The van der Waals surface area contributed by atoms with E-state index >= 15 is 0 Å². The highest BCUT2D eigenvalue weighted by atomic mass is 15.2. The molecular formula is C24H28N2. The van der Waals surface area contributed by atoms with Crippen molar-refractivity contribution in [3.05, 3.63) is 71.7 Å². The molecule has 2 saturated carbocycles. The fourth-order valence-electron chi connectivity index (χ4n) is 5.20. The second-order valence-electron chi connectivity index (χ2n) is 8.27. The third kappa shape index (κ3) is 2.17. The minimum atomic E-state index is 0.624. The van der Waals surface area contributed by atoms with Gasteiger partial charge in [0.1, 0.15) is 0 Å². The van der Waals surface area contributed by atoms with Gasteiger partial charge in [-0.05, 0) is 49.3 Å². The maximum absolute atomic E-state index is 4.61. The molecule has 2 aliphatic carbocycles. The number of fused-ring (bicyclic) bond motifs is 1. The minimum absolute atomic E-state index is 0.624. The fraction of sp³-hybridized carbons (Fsp3) is 0.417. The molecule has 5 rings (SSSR count). The quantitative estimate of drug-likeness (QED) is 0.663. The number of hydrogen-bond acceptors (Lipinski definition) is 2. The highest BCUT2D eigenvalue weighted by molar-refractivity contribution is 5.94. The molecule has 0 unspecified atom stereocenters. The molecule has 1 aromatic carbocycles. The fourth-order valence-corrected chi connectivity index (χ4v) is 5.20. The van der Waals surface area contributed by atoms with Crippen LogP contribution in [0.1, 0.15) is 50.5 Å². The second kappa shape index (κ2) is 5.90. The van der Waals surface area contributed by atoms with Crippen LogP contribution in [0.2, 0.25) is 0 Å². The summed E-state index contributed by atoms with van der Waals surface area (Å²) in [6.07, 6.45) is 11.8. The van der Waals surface area contributed by atoms with Crippen LogP contribution in [0.4, 0.5) is 5.69 Å². The van der Waals surface area contributed by atoms with Crippen molar-refractivity contribution in [2.24, 2.45) is 5.92 Å². The van der Waals surface area contributed by atoms with Crippen LogP contribution in [0.5, 0.6) is 0 Å². The molecule has 0 atom stereocenters. The van der Waals surface area contributed by atoms with Crippen molar-refractivity contribution in [1.82, 2.24) is 4.90 Å². The molecule has 2 fully saturated rings. The topological polar surface area (TPSA) is 6.48 Å². The van der Waals surface area contributed by atoms with Crippen LogP contribution in [-0.2, 0) is 0 Å². The van der Waals surface area contributed by atoms with Gasteiger partial charge in [-0.2, -0.15) is 0 Å². The second-order valence-corrected chi connectivity index (χ2v) is 8.27. The molecule has 134 valence electrons. The SMILES string of the molecule is C=C1C2=C(C=C(C3CCC3)N(C3CCCC3)C2=C)N(C)c2ccccc21. The predicted octanol–water partition coefficient (Wildman–Crippen LogP) is 5.86. The standard InChI is InChI=1S/C24H28N2/c1-16-20-13-6-7-14-21(20)25(3)23-15-22(18-9-8-10-18)26(17(2)24(16)23)19-11-4-5-12-19/h6-7,13-15,18-19H,1-2,4-5,8-12H2,3H3. The lowest BCUT2D eigenvalue weighted by molar-refractivity contribution is 0.235. The molecule has 2 aliphatic heterocycles. The van der Waals surface area contributed by atoms with Gasteiger partial charge in [0.25, 0.3) is 0 Å². The molecule has 0 saturated heterocycles. The smallest absolute Gasteiger partial charge is 0.0526 e. The summed E-state index contributed by atoms with van der Waals surface area (Å²) in [5.74, 6) is 0.709. The van der Waals surface area contributed by atoms with E-state index in [0.29, 0.717) is 12.0 Å². The number of rotatable bonds is 2. The van der Waals surface area contributed by atoms with Crippen LogP contribution in [0, 0.1) is 5.92 Å². The van der Waals surface area contributed by atoms with E-state index in [1.807, 2.05) is 0 Å². The molecule has 4 aliphatic rings.